The molecule has 190 valence electrons. The van der Waals surface area contributed by atoms with Gasteiger partial charge in [0.25, 0.3) is 0 Å². The van der Waals surface area contributed by atoms with Crippen molar-refractivity contribution in [1.82, 2.24) is 25.1 Å². The van der Waals surface area contributed by atoms with Crippen molar-refractivity contribution in [3.8, 4) is 0 Å². The Bertz CT molecular complexity index is 1310. The van der Waals surface area contributed by atoms with E-state index in [0.717, 1.165) is 59.6 Å². The fraction of sp³-hybridized carbons (Fsp3) is 0.429. The van der Waals surface area contributed by atoms with Crippen LogP contribution in [0.15, 0.2) is 42.6 Å². The largest absolute Gasteiger partial charge is 0.355 e. The minimum atomic E-state index is -0.258. The number of H-pyrrole nitrogens is 1. The third kappa shape index (κ3) is 5.23. The maximum atomic E-state index is 14.6. The van der Waals surface area contributed by atoms with Gasteiger partial charge in [0, 0.05) is 54.1 Å². The molecule has 7 nitrogen and oxygen atoms in total. The number of fused-ring (bicyclic) bond motifs is 1. The summed E-state index contributed by atoms with van der Waals surface area (Å²) in [6, 6.07) is 9.31. The molecule has 0 unspecified atom stereocenters. The van der Waals surface area contributed by atoms with Crippen molar-refractivity contribution in [2.45, 2.75) is 45.1 Å². The number of likely N-dealkylation sites (N-methyl/N-ethyl adjacent to an activating group) is 1. The van der Waals surface area contributed by atoms with E-state index in [1.807, 2.05) is 37.8 Å². The molecule has 0 spiro atoms. The number of pyridine rings is 1. The molecule has 5 rings (SSSR count). The quantitative estimate of drug-likeness (QED) is 0.454. The van der Waals surface area contributed by atoms with Crippen LogP contribution in [0, 0.1) is 5.82 Å². The minimum Gasteiger partial charge on any atom is -0.355 e. The highest BCUT2D eigenvalue weighted by Gasteiger charge is 2.25. The number of anilines is 2. The van der Waals surface area contributed by atoms with E-state index in [1.165, 1.54) is 5.57 Å². The lowest BCUT2D eigenvalue weighted by Gasteiger charge is -2.30. The van der Waals surface area contributed by atoms with Crippen LogP contribution in [0.5, 0.6) is 0 Å². The maximum Gasteiger partial charge on any atom is 0.318 e. The molecule has 2 aromatic heterocycles. The molecule has 3 N–H and O–H groups in total. The van der Waals surface area contributed by atoms with Crippen LogP contribution in [0.25, 0.3) is 16.6 Å². The van der Waals surface area contributed by atoms with Crippen LogP contribution in [0.3, 0.4) is 0 Å². The van der Waals surface area contributed by atoms with Crippen molar-refractivity contribution in [3.05, 3.63) is 59.7 Å². The van der Waals surface area contributed by atoms with E-state index in [1.54, 1.807) is 18.3 Å². The Hall–Kier alpha value is -3.39. The number of benzene rings is 1. The topological polar surface area (TPSA) is 76.3 Å². The Morgan fingerprint density at radius 2 is 2.03 bits per heavy atom. The van der Waals surface area contributed by atoms with Gasteiger partial charge in [-0.25, -0.2) is 14.2 Å². The second-order valence-electron chi connectivity index (χ2n) is 11.0. The smallest absolute Gasteiger partial charge is 0.318 e. The molecule has 2 aliphatic heterocycles. The van der Waals surface area contributed by atoms with E-state index < -0.39 is 0 Å². The summed E-state index contributed by atoms with van der Waals surface area (Å²) in [4.78, 5) is 24.5. The van der Waals surface area contributed by atoms with Crippen molar-refractivity contribution in [2.24, 2.45) is 0 Å². The number of nitrogens with one attached hydrogen (secondary N) is 3. The Balaban J connectivity index is 1.35. The number of carbonyl (C=O) groups excluding carboxylic acids is 1. The van der Waals surface area contributed by atoms with Gasteiger partial charge in [-0.15, -0.1) is 0 Å². The highest BCUT2D eigenvalue weighted by molar-refractivity contribution is 5.94. The van der Waals surface area contributed by atoms with Crippen molar-refractivity contribution in [1.29, 1.82) is 0 Å². The van der Waals surface area contributed by atoms with Gasteiger partial charge >= 0.3 is 6.03 Å². The number of carbonyl (C=O) groups is 1. The Morgan fingerprint density at radius 1 is 1.19 bits per heavy atom. The van der Waals surface area contributed by atoms with E-state index in [2.05, 4.69) is 44.7 Å². The van der Waals surface area contributed by atoms with Crippen molar-refractivity contribution in [3.63, 3.8) is 0 Å². The second kappa shape index (κ2) is 9.58. The standard InChI is InChI=1S/C28H35FN6O/c1-28(2,3)33-27(36)35-13-9-18(10-14-35)25-16-22-24(7-11-30-26(22)32-25)31-20-5-6-23(29)21(15-20)19-8-12-34(4)17-19/h5-7,9,11,15-16,19H,8,10,12-14,17H2,1-4H3,(H,33,36)(H2,30,31,32)/t19-/m0/s1. The molecule has 0 aliphatic carbocycles. The first-order valence-corrected chi connectivity index (χ1v) is 12.7. The first-order valence-electron chi connectivity index (χ1n) is 12.7. The molecule has 2 aliphatic rings. The first kappa shape index (κ1) is 24.3. The van der Waals surface area contributed by atoms with Gasteiger partial charge in [-0.1, -0.05) is 6.08 Å². The Morgan fingerprint density at radius 3 is 2.72 bits per heavy atom. The number of hydrogen-bond donors (Lipinski definition) is 3. The predicted molar refractivity (Wildman–Crippen MR) is 143 cm³/mol. The van der Waals surface area contributed by atoms with Gasteiger partial charge in [0.2, 0.25) is 0 Å². The lowest BCUT2D eigenvalue weighted by atomic mass is 9.97. The van der Waals surface area contributed by atoms with Crippen LogP contribution in [-0.2, 0) is 0 Å². The van der Waals surface area contributed by atoms with Crippen molar-refractivity contribution in [2.75, 3.05) is 38.5 Å². The van der Waals surface area contributed by atoms with E-state index in [9.17, 15) is 9.18 Å². The maximum absolute atomic E-state index is 14.6. The number of nitrogens with zero attached hydrogens (tertiary/aromatic N) is 3. The molecule has 36 heavy (non-hydrogen) atoms. The fourth-order valence-corrected chi connectivity index (χ4v) is 5.09. The lowest BCUT2D eigenvalue weighted by Crippen LogP contribution is -2.49. The molecule has 0 bridgehead atoms. The molecule has 3 aromatic rings. The summed E-state index contributed by atoms with van der Waals surface area (Å²) in [6.07, 6.45) is 5.62. The SMILES string of the molecule is CN1CC[C@H](c2cc(Nc3ccnc4[nH]c(C5=CCN(C(=O)NC(C)(C)C)CC5)cc34)ccc2F)C1. The van der Waals surface area contributed by atoms with Crippen molar-refractivity contribution < 1.29 is 9.18 Å². The Kier molecular flexibility index (Phi) is 6.47. The van der Waals surface area contributed by atoms with Gasteiger partial charge in [0.05, 0.1) is 5.69 Å². The summed E-state index contributed by atoms with van der Waals surface area (Å²) in [7, 11) is 2.08. The van der Waals surface area contributed by atoms with Gasteiger partial charge < -0.3 is 25.4 Å². The van der Waals surface area contributed by atoms with Gasteiger partial charge in [0.15, 0.2) is 0 Å². The second-order valence-corrected chi connectivity index (χ2v) is 11.0. The summed E-state index contributed by atoms with van der Waals surface area (Å²) < 4.78 is 14.6. The summed E-state index contributed by atoms with van der Waals surface area (Å²) >= 11 is 0. The Labute approximate surface area is 211 Å². The zero-order chi connectivity index (χ0) is 25.4. The van der Waals surface area contributed by atoms with Gasteiger partial charge in [-0.2, -0.15) is 0 Å². The minimum absolute atomic E-state index is 0.0366. The summed E-state index contributed by atoms with van der Waals surface area (Å²) in [5, 5.41) is 7.50. The number of halogens is 1. The van der Waals surface area contributed by atoms with Gasteiger partial charge in [-0.05, 0) is 88.7 Å². The molecule has 0 saturated carbocycles. The van der Waals surface area contributed by atoms with E-state index in [-0.39, 0.29) is 23.3 Å². The molecule has 4 heterocycles. The zero-order valence-corrected chi connectivity index (χ0v) is 21.5. The fourth-order valence-electron chi connectivity index (χ4n) is 5.09. The highest BCUT2D eigenvalue weighted by atomic mass is 19.1. The molecule has 8 heteroatoms. The lowest BCUT2D eigenvalue weighted by molar-refractivity contribution is 0.193. The summed E-state index contributed by atoms with van der Waals surface area (Å²) in [5.74, 6) is 0.0791. The molecule has 1 saturated heterocycles. The van der Waals surface area contributed by atoms with Gasteiger partial charge in [0.1, 0.15) is 11.5 Å². The molecule has 0 radical (unpaired) electrons. The molecule has 1 atom stereocenters. The number of rotatable bonds is 4. The average Bonchev–Trinajstić information content (AvgIpc) is 3.46. The van der Waals surface area contributed by atoms with Crippen molar-refractivity contribution >= 4 is 34.0 Å². The monoisotopic (exact) mass is 490 g/mol. The van der Waals surface area contributed by atoms with E-state index in [4.69, 9.17) is 0 Å². The van der Waals surface area contributed by atoms with Crippen LogP contribution >= 0.6 is 0 Å². The normalized spacial score (nSPS) is 19.0. The number of likely N-dealkylation sites (tertiary alicyclic amines) is 1. The van der Waals surface area contributed by atoms with E-state index in [0.29, 0.717) is 13.1 Å². The highest BCUT2D eigenvalue weighted by Crippen LogP contribution is 2.33. The van der Waals surface area contributed by atoms with Crippen LogP contribution in [0.1, 0.15) is 50.8 Å². The van der Waals surface area contributed by atoms with E-state index >= 15 is 0 Å². The summed E-state index contributed by atoms with van der Waals surface area (Å²) in [5.41, 5.74) is 5.29. The average molecular weight is 491 g/mol. The van der Waals surface area contributed by atoms with Crippen LogP contribution in [-0.4, -0.2) is 64.6 Å². The van der Waals surface area contributed by atoms with Crippen LogP contribution < -0.4 is 10.6 Å². The van der Waals surface area contributed by atoms with Gasteiger partial charge in [-0.3, -0.25) is 0 Å². The number of aromatic amines is 1. The predicted octanol–water partition coefficient (Wildman–Crippen LogP) is 5.46. The van der Waals surface area contributed by atoms with Crippen LogP contribution in [0.4, 0.5) is 20.6 Å². The number of urea groups is 1. The first-order chi connectivity index (χ1) is 17.2. The molecular formula is C28H35FN6O. The van der Waals surface area contributed by atoms with Crippen LogP contribution in [0.2, 0.25) is 0 Å². The third-order valence-corrected chi connectivity index (χ3v) is 6.96. The zero-order valence-electron chi connectivity index (χ0n) is 21.5. The number of amides is 2. The molecule has 2 amide bonds. The molecule has 1 aromatic carbocycles. The number of hydrogen-bond acceptors (Lipinski definition) is 4. The molecule has 1 fully saturated rings. The number of aromatic nitrogens is 2. The summed E-state index contributed by atoms with van der Waals surface area (Å²) in [6.45, 7) is 9.06. The third-order valence-electron chi connectivity index (χ3n) is 6.96. The molecular weight excluding hydrogens is 455 g/mol.